The first-order valence-corrected chi connectivity index (χ1v) is 7.35. The molecule has 0 atom stereocenters. The number of para-hydroxylation sites is 1. The summed E-state index contributed by atoms with van der Waals surface area (Å²) in [6.45, 7) is 6.03. The van der Waals surface area contributed by atoms with E-state index in [-0.39, 0.29) is 6.03 Å². The number of carbonyl (C=O) groups is 1. The maximum atomic E-state index is 11.9. The first-order valence-electron chi connectivity index (χ1n) is 7.35. The number of nitrogens with one attached hydrogen (secondary N) is 2. The van der Waals surface area contributed by atoms with E-state index >= 15 is 0 Å². The normalized spacial score (nSPS) is 10.7. The van der Waals surface area contributed by atoms with E-state index < -0.39 is 0 Å². The summed E-state index contributed by atoms with van der Waals surface area (Å²) >= 11 is 0. The smallest absolute Gasteiger partial charge is 0.306 e. The summed E-state index contributed by atoms with van der Waals surface area (Å²) in [7, 11) is 0. The number of urea groups is 1. The third-order valence-electron chi connectivity index (χ3n) is 3.49. The third kappa shape index (κ3) is 4.19. The van der Waals surface area contributed by atoms with Gasteiger partial charge in [0.15, 0.2) is 0 Å². The van der Waals surface area contributed by atoms with E-state index in [1.807, 2.05) is 44.2 Å². The van der Waals surface area contributed by atoms with Gasteiger partial charge in [-0.25, -0.2) is 10.2 Å². The Morgan fingerprint density at radius 1 is 1.09 bits per heavy atom. The Hall–Kier alpha value is -2.62. The first-order chi connectivity index (χ1) is 10.6. The van der Waals surface area contributed by atoms with Crippen molar-refractivity contribution in [3.8, 4) is 0 Å². The molecule has 2 amide bonds. The average Bonchev–Trinajstić information content (AvgIpc) is 2.52. The van der Waals surface area contributed by atoms with Crippen LogP contribution in [0.3, 0.4) is 0 Å². The number of hydrogen-bond acceptors (Lipinski definition) is 2. The van der Waals surface area contributed by atoms with Crippen LogP contribution in [0.5, 0.6) is 0 Å². The lowest BCUT2D eigenvalue weighted by Crippen LogP contribution is -2.25. The van der Waals surface area contributed by atoms with Gasteiger partial charge in [-0.15, -0.1) is 0 Å². The monoisotopic (exact) mass is 295 g/mol. The van der Waals surface area contributed by atoms with Crippen LogP contribution < -0.4 is 10.7 Å². The molecule has 4 heteroatoms. The van der Waals surface area contributed by atoms with E-state index in [0.717, 1.165) is 28.8 Å². The number of carbonyl (C=O) groups excluding carboxylic acids is 1. The molecule has 0 spiro atoms. The van der Waals surface area contributed by atoms with E-state index in [1.54, 1.807) is 6.21 Å². The summed E-state index contributed by atoms with van der Waals surface area (Å²) in [6, 6.07) is 13.6. The van der Waals surface area contributed by atoms with Crippen molar-refractivity contribution in [1.29, 1.82) is 0 Å². The predicted molar refractivity (Wildman–Crippen MR) is 91.5 cm³/mol. The second kappa shape index (κ2) is 7.41. The molecule has 0 aliphatic rings. The van der Waals surface area contributed by atoms with Crippen LogP contribution in [0, 0.1) is 13.8 Å². The van der Waals surface area contributed by atoms with Crippen molar-refractivity contribution >= 4 is 17.9 Å². The summed E-state index contributed by atoms with van der Waals surface area (Å²) in [5, 5.41) is 6.78. The molecule has 2 aromatic carbocycles. The van der Waals surface area contributed by atoms with E-state index in [2.05, 4.69) is 34.9 Å². The van der Waals surface area contributed by atoms with Crippen molar-refractivity contribution < 1.29 is 4.79 Å². The quantitative estimate of drug-likeness (QED) is 0.649. The fourth-order valence-corrected chi connectivity index (χ4v) is 2.16. The minimum atomic E-state index is -0.348. The summed E-state index contributed by atoms with van der Waals surface area (Å²) in [5.74, 6) is 0. The second-order valence-electron chi connectivity index (χ2n) is 5.19. The summed E-state index contributed by atoms with van der Waals surface area (Å²) in [4.78, 5) is 11.9. The number of hydrazone groups is 1. The molecule has 4 nitrogen and oxygen atoms in total. The lowest BCUT2D eigenvalue weighted by atomic mass is 10.1. The first kappa shape index (κ1) is 15.8. The Balaban J connectivity index is 1.93. The summed E-state index contributed by atoms with van der Waals surface area (Å²) < 4.78 is 0. The maximum Gasteiger partial charge on any atom is 0.339 e. The number of nitrogens with zero attached hydrogens (tertiary/aromatic N) is 1. The lowest BCUT2D eigenvalue weighted by Gasteiger charge is -2.10. The molecule has 0 aromatic heterocycles. The highest BCUT2D eigenvalue weighted by molar-refractivity contribution is 5.91. The van der Waals surface area contributed by atoms with Crippen molar-refractivity contribution in [3.63, 3.8) is 0 Å². The molecule has 0 aliphatic carbocycles. The largest absolute Gasteiger partial charge is 0.339 e. The molecular formula is C18H21N3O. The van der Waals surface area contributed by atoms with Crippen LogP contribution in [0.1, 0.15) is 29.2 Å². The van der Waals surface area contributed by atoms with Crippen LogP contribution in [-0.2, 0) is 6.42 Å². The van der Waals surface area contributed by atoms with Gasteiger partial charge in [-0.2, -0.15) is 5.10 Å². The van der Waals surface area contributed by atoms with Gasteiger partial charge in [-0.05, 0) is 42.5 Å². The van der Waals surface area contributed by atoms with Crippen molar-refractivity contribution in [2.45, 2.75) is 27.2 Å². The van der Waals surface area contributed by atoms with Crippen molar-refractivity contribution in [1.82, 2.24) is 5.43 Å². The molecule has 0 unspecified atom stereocenters. The summed E-state index contributed by atoms with van der Waals surface area (Å²) in [6.07, 6.45) is 2.64. The topological polar surface area (TPSA) is 53.5 Å². The van der Waals surface area contributed by atoms with Gasteiger partial charge in [0.05, 0.1) is 6.21 Å². The highest BCUT2D eigenvalue weighted by Crippen LogP contribution is 2.18. The molecule has 0 saturated heterocycles. The van der Waals surface area contributed by atoms with Gasteiger partial charge < -0.3 is 5.32 Å². The molecule has 22 heavy (non-hydrogen) atoms. The van der Waals surface area contributed by atoms with Crippen LogP contribution in [0.2, 0.25) is 0 Å². The van der Waals surface area contributed by atoms with Gasteiger partial charge in [0.1, 0.15) is 0 Å². The Labute approximate surface area is 131 Å². The summed E-state index contributed by atoms with van der Waals surface area (Å²) in [5.41, 5.74) is 7.57. The number of amides is 2. The van der Waals surface area contributed by atoms with Crippen molar-refractivity contribution in [2.24, 2.45) is 5.10 Å². The van der Waals surface area contributed by atoms with E-state index in [1.165, 1.54) is 5.56 Å². The molecular weight excluding hydrogens is 274 g/mol. The van der Waals surface area contributed by atoms with Crippen LogP contribution >= 0.6 is 0 Å². The minimum absolute atomic E-state index is 0.348. The minimum Gasteiger partial charge on any atom is -0.306 e. The molecule has 0 saturated carbocycles. The molecule has 0 radical (unpaired) electrons. The van der Waals surface area contributed by atoms with Crippen LogP contribution in [0.25, 0.3) is 0 Å². The van der Waals surface area contributed by atoms with E-state index in [0.29, 0.717) is 0 Å². The molecule has 0 fully saturated rings. The van der Waals surface area contributed by atoms with Crippen LogP contribution in [-0.4, -0.2) is 12.2 Å². The number of aryl methyl sites for hydroxylation is 3. The molecule has 2 aromatic rings. The Morgan fingerprint density at radius 3 is 2.32 bits per heavy atom. The molecule has 0 heterocycles. The lowest BCUT2D eigenvalue weighted by molar-refractivity contribution is 0.252. The Bertz CT molecular complexity index is 655. The second-order valence-corrected chi connectivity index (χ2v) is 5.19. The SMILES string of the molecule is CCc1ccc(C=NNC(=O)Nc2c(C)cccc2C)cc1. The van der Waals surface area contributed by atoms with Crippen molar-refractivity contribution in [3.05, 3.63) is 64.7 Å². The predicted octanol–water partition coefficient (Wildman–Crippen LogP) is 4.02. The average molecular weight is 295 g/mol. The highest BCUT2D eigenvalue weighted by Gasteiger charge is 2.05. The zero-order valence-corrected chi connectivity index (χ0v) is 13.2. The molecule has 2 N–H and O–H groups in total. The fourth-order valence-electron chi connectivity index (χ4n) is 2.16. The van der Waals surface area contributed by atoms with Gasteiger partial charge in [-0.3, -0.25) is 0 Å². The number of benzene rings is 2. The van der Waals surface area contributed by atoms with Gasteiger partial charge >= 0.3 is 6.03 Å². The Morgan fingerprint density at radius 2 is 1.73 bits per heavy atom. The maximum absolute atomic E-state index is 11.9. The highest BCUT2D eigenvalue weighted by atomic mass is 16.2. The van der Waals surface area contributed by atoms with E-state index in [9.17, 15) is 4.79 Å². The third-order valence-corrected chi connectivity index (χ3v) is 3.49. The molecule has 0 aliphatic heterocycles. The zero-order valence-electron chi connectivity index (χ0n) is 13.2. The molecule has 114 valence electrons. The van der Waals surface area contributed by atoms with Gasteiger partial charge in [0.2, 0.25) is 0 Å². The zero-order chi connectivity index (χ0) is 15.9. The molecule has 0 bridgehead atoms. The van der Waals surface area contributed by atoms with Gasteiger partial charge in [0, 0.05) is 5.69 Å². The number of rotatable bonds is 4. The Kier molecular flexibility index (Phi) is 5.31. The van der Waals surface area contributed by atoms with Gasteiger partial charge in [-0.1, -0.05) is 49.4 Å². The van der Waals surface area contributed by atoms with Crippen molar-refractivity contribution in [2.75, 3.05) is 5.32 Å². The number of anilines is 1. The number of hydrogen-bond donors (Lipinski definition) is 2. The van der Waals surface area contributed by atoms with Crippen LogP contribution in [0.4, 0.5) is 10.5 Å². The van der Waals surface area contributed by atoms with E-state index in [4.69, 9.17) is 0 Å². The molecule has 2 rings (SSSR count). The van der Waals surface area contributed by atoms with Crippen LogP contribution in [0.15, 0.2) is 47.6 Å². The fraction of sp³-hybridized carbons (Fsp3) is 0.222. The standard InChI is InChI=1S/C18H21N3O/c1-4-15-8-10-16(11-9-15)12-19-21-18(22)20-17-13(2)6-5-7-14(17)3/h5-12H,4H2,1-3H3,(H2,20,21,22). The van der Waals surface area contributed by atoms with Gasteiger partial charge in [0.25, 0.3) is 0 Å².